The van der Waals surface area contributed by atoms with Crippen LogP contribution < -0.4 is 5.32 Å². The van der Waals surface area contributed by atoms with Gasteiger partial charge in [0.2, 0.25) is 0 Å². The van der Waals surface area contributed by atoms with E-state index in [1.807, 2.05) is 29.1 Å². The van der Waals surface area contributed by atoms with Gasteiger partial charge in [0.15, 0.2) is 0 Å². The van der Waals surface area contributed by atoms with Crippen LogP contribution in [0.25, 0.3) is 0 Å². The number of carbonyl (C=O) groups is 1. The second kappa shape index (κ2) is 7.42. The van der Waals surface area contributed by atoms with Crippen molar-refractivity contribution in [2.45, 2.75) is 44.8 Å². The number of nitrogens with zero attached hydrogens (tertiary/aromatic N) is 2. The van der Waals surface area contributed by atoms with E-state index in [-0.39, 0.29) is 5.92 Å². The summed E-state index contributed by atoms with van der Waals surface area (Å²) in [5, 5.41) is 17.0. The van der Waals surface area contributed by atoms with Crippen LogP contribution in [-0.4, -0.2) is 26.9 Å². The molecule has 0 amide bonds. The maximum Gasteiger partial charge on any atom is 0.306 e. The Hall–Kier alpha value is -2.14. The Morgan fingerprint density at radius 2 is 1.91 bits per heavy atom. The molecule has 0 saturated heterocycles. The van der Waals surface area contributed by atoms with Gasteiger partial charge in [0.25, 0.3) is 0 Å². The second-order valence-corrected chi connectivity index (χ2v) is 6.30. The first-order chi connectivity index (χ1) is 11.2. The predicted octanol–water partition coefficient (Wildman–Crippen LogP) is 2.66. The van der Waals surface area contributed by atoms with E-state index >= 15 is 0 Å². The molecule has 0 radical (unpaired) electrons. The highest BCUT2D eigenvalue weighted by atomic mass is 16.4. The standard InChI is InChI=1S/C18H23N3O2/c22-18(23)16-6-8-17(9-7-16)19-10-15-11-20-21(13-15)12-14-4-2-1-3-5-14/h1-5,11,13,16-17,19H,6-10,12H2,(H,22,23). The molecule has 1 fully saturated rings. The fourth-order valence-corrected chi connectivity index (χ4v) is 3.16. The Labute approximate surface area is 136 Å². The first-order valence-corrected chi connectivity index (χ1v) is 8.22. The molecule has 1 heterocycles. The van der Waals surface area contributed by atoms with Gasteiger partial charge in [-0.2, -0.15) is 5.10 Å². The molecular formula is C18H23N3O2. The molecule has 23 heavy (non-hydrogen) atoms. The number of rotatable bonds is 6. The molecule has 1 aromatic heterocycles. The van der Waals surface area contributed by atoms with Crippen molar-refractivity contribution in [3.8, 4) is 0 Å². The summed E-state index contributed by atoms with van der Waals surface area (Å²) in [6.07, 6.45) is 7.41. The van der Waals surface area contributed by atoms with Crippen LogP contribution in [0.4, 0.5) is 0 Å². The molecule has 5 heteroatoms. The van der Waals surface area contributed by atoms with Crippen LogP contribution in [0.2, 0.25) is 0 Å². The fourth-order valence-electron chi connectivity index (χ4n) is 3.16. The SMILES string of the molecule is O=C(O)C1CCC(NCc2cnn(Cc3ccccc3)c2)CC1. The molecular weight excluding hydrogens is 290 g/mol. The van der Waals surface area contributed by atoms with Gasteiger partial charge >= 0.3 is 5.97 Å². The van der Waals surface area contributed by atoms with Crippen molar-refractivity contribution in [3.05, 3.63) is 53.9 Å². The van der Waals surface area contributed by atoms with Crippen molar-refractivity contribution in [2.75, 3.05) is 0 Å². The van der Waals surface area contributed by atoms with E-state index in [9.17, 15) is 4.79 Å². The molecule has 0 atom stereocenters. The van der Waals surface area contributed by atoms with Gasteiger partial charge in [-0.05, 0) is 31.2 Å². The number of hydrogen-bond donors (Lipinski definition) is 2. The van der Waals surface area contributed by atoms with Crippen LogP contribution in [0.5, 0.6) is 0 Å². The van der Waals surface area contributed by atoms with Crippen LogP contribution in [0.3, 0.4) is 0 Å². The quantitative estimate of drug-likeness (QED) is 0.860. The molecule has 5 nitrogen and oxygen atoms in total. The highest BCUT2D eigenvalue weighted by Gasteiger charge is 2.25. The van der Waals surface area contributed by atoms with E-state index in [0.717, 1.165) is 38.8 Å². The minimum atomic E-state index is -0.648. The highest BCUT2D eigenvalue weighted by molar-refractivity contribution is 5.70. The van der Waals surface area contributed by atoms with Gasteiger partial charge in [0.1, 0.15) is 0 Å². The van der Waals surface area contributed by atoms with Crippen LogP contribution in [-0.2, 0) is 17.9 Å². The molecule has 1 aromatic carbocycles. The number of carboxylic acids is 1. The number of aromatic nitrogens is 2. The van der Waals surface area contributed by atoms with Crippen molar-refractivity contribution in [3.63, 3.8) is 0 Å². The molecule has 0 unspecified atom stereocenters. The largest absolute Gasteiger partial charge is 0.481 e. The number of benzene rings is 1. The minimum Gasteiger partial charge on any atom is -0.481 e. The lowest BCUT2D eigenvalue weighted by Crippen LogP contribution is -2.34. The fraction of sp³-hybridized carbons (Fsp3) is 0.444. The van der Waals surface area contributed by atoms with Gasteiger partial charge in [-0.1, -0.05) is 30.3 Å². The first kappa shape index (κ1) is 15.7. The van der Waals surface area contributed by atoms with Crippen LogP contribution >= 0.6 is 0 Å². The average molecular weight is 313 g/mol. The van der Waals surface area contributed by atoms with Crippen LogP contribution in [0.15, 0.2) is 42.7 Å². The van der Waals surface area contributed by atoms with Gasteiger partial charge in [-0.3, -0.25) is 9.48 Å². The van der Waals surface area contributed by atoms with Gasteiger partial charge in [0.05, 0.1) is 18.7 Å². The molecule has 3 rings (SSSR count). The normalized spacial score (nSPS) is 21.2. The Balaban J connectivity index is 1.46. The third-order valence-corrected chi connectivity index (χ3v) is 4.55. The van der Waals surface area contributed by atoms with E-state index in [2.05, 4.69) is 28.7 Å². The third kappa shape index (κ3) is 4.42. The summed E-state index contributed by atoms with van der Waals surface area (Å²) < 4.78 is 1.95. The zero-order chi connectivity index (χ0) is 16.1. The number of aliphatic carboxylic acids is 1. The third-order valence-electron chi connectivity index (χ3n) is 4.55. The maximum absolute atomic E-state index is 11.0. The topological polar surface area (TPSA) is 67.2 Å². The monoisotopic (exact) mass is 313 g/mol. The summed E-state index contributed by atoms with van der Waals surface area (Å²) in [6, 6.07) is 10.7. The molecule has 0 spiro atoms. The summed E-state index contributed by atoms with van der Waals surface area (Å²) in [6.45, 7) is 1.57. The van der Waals surface area contributed by atoms with Crippen LogP contribution in [0, 0.1) is 5.92 Å². The van der Waals surface area contributed by atoms with Gasteiger partial charge in [-0.25, -0.2) is 0 Å². The zero-order valence-corrected chi connectivity index (χ0v) is 13.2. The summed E-state index contributed by atoms with van der Waals surface area (Å²) in [5.41, 5.74) is 2.41. The lowest BCUT2D eigenvalue weighted by molar-refractivity contribution is -0.142. The summed E-state index contributed by atoms with van der Waals surface area (Å²) in [5.74, 6) is -0.799. The first-order valence-electron chi connectivity index (χ1n) is 8.22. The molecule has 1 aliphatic carbocycles. The van der Waals surface area contributed by atoms with Crippen molar-refractivity contribution < 1.29 is 9.90 Å². The molecule has 1 aliphatic rings. The smallest absolute Gasteiger partial charge is 0.306 e. The Kier molecular flexibility index (Phi) is 5.08. The molecule has 0 aliphatic heterocycles. The number of hydrogen-bond acceptors (Lipinski definition) is 3. The van der Waals surface area contributed by atoms with E-state index in [4.69, 9.17) is 5.11 Å². The van der Waals surface area contributed by atoms with E-state index < -0.39 is 5.97 Å². The number of nitrogens with one attached hydrogen (secondary N) is 1. The Bertz CT molecular complexity index is 631. The van der Waals surface area contributed by atoms with Crippen molar-refractivity contribution >= 4 is 5.97 Å². The molecule has 0 bridgehead atoms. The van der Waals surface area contributed by atoms with Gasteiger partial charge < -0.3 is 10.4 Å². The lowest BCUT2D eigenvalue weighted by atomic mass is 9.86. The summed E-state index contributed by atoms with van der Waals surface area (Å²) in [7, 11) is 0. The number of carboxylic acid groups (broad SMARTS) is 1. The van der Waals surface area contributed by atoms with Gasteiger partial charge in [-0.15, -0.1) is 0 Å². The predicted molar refractivity (Wildman–Crippen MR) is 88.0 cm³/mol. The van der Waals surface area contributed by atoms with Gasteiger partial charge in [0, 0.05) is 24.3 Å². The summed E-state index contributed by atoms with van der Waals surface area (Å²) in [4.78, 5) is 11.0. The summed E-state index contributed by atoms with van der Waals surface area (Å²) >= 11 is 0. The molecule has 2 aromatic rings. The van der Waals surface area contributed by atoms with Crippen molar-refractivity contribution in [1.82, 2.24) is 15.1 Å². The maximum atomic E-state index is 11.0. The zero-order valence-electron chi connectivity index (χ0n) is 13.2. The van der Waals surface area contributed by atoms with E-state index in [0.29, 0.717) is 6.04 Å². The lowest BCUT2D eigenvalue weighted by Gasteiger charge is -2.26. The van der Waals surface area contributed by atoms with E-state index in [1.165, 1.54) is 11.1 Å². The van der Waals surface area contributed by atoms with Crippen LogP contribution in [0.1, 0.15) is 36.8 Å². The van der Waals surface area contributed by atoms with Crippen molar-refractivity contribution in [1.29, 1.82) is 0 Å². The molecule has 122 valence electrons. The average Bonchev–Trinajstić information content (AvgIpc) is 3.02. The molecule has 1 saturated carbocycles. The second-order valence-electron chi connectivity index (χ2n) is 6.30. The van der Waals surface area contributed by atoms with Crippen molar-refractivity contribution in [2.24, 2.45) is 5.92 Å². The molecule has 2 N–H and O–H groups in total. The Morgan fingerprint density at radius 1 is 1.17 bits per heavy atom. The highest BCUT2D eigenvalue weighted by Crippen LogP contribution is 2.24. The minimum absolute atomic E-state index is 0.151. The van der Waals surface area contributed by atoms with E-state index in [1.54, 1.807) is 0 Å². The Morgan fingerprint density at radius 3 is 2.61 bits per heavy atom.